The van der Waals surface area contributed by atoms with E-state index >= 15 is 0 Å². The third-order valence-corrected chi connectivity index (χ3v) is 3.66. The van der Waals surface area contributed by atoms with Gasteiger partial charge in [-0.1, -0.05) is 30.1 Å². The van der Waals surface area contributed by atoms with Gasteiger partial charge in [0.1, 0.15) is 5.82 Å². The van der Waals surface area contributed by atoms with Crippen LogP contribution < -0.4 is 10.9 Å². The van der Waals surface area contributed by atoms with Crippen LogP contribution in [0.25, 0.3) is 5.78 Å². The van der Waals surface area contributed by atoms with Gasteiger partial charge in [0.15, 0.2) is 5.82 Å². The van der Waals surface area contributed by atoms with Crippen molar-refractivity contribution in [2.45, 2.75) is 13.3 Å². The van der Waals surface area contributed by atoms with Gasteiger partial charge in [0.25, 0.3) is 11.5 Å². The summed E-state index contributed by atoms with van der Waals surface area (Å²) < 4.78 is 1.36. The SMILES string of the molecule is CCc1nc2[nH]c(=O)cc(NC(=O)c3ccc(Cl)cc3Cl)n2n1. The highest BCUT2D eigenvalue weighted by Gasteiger charge is 2.15. The van der Waals surface area contributed by atoms with E-state index in [4.69, 9.17) is 23.2 Å². The number of benzene rings is 1. The van der Waals surface area contributed by atoms with Crippen LogP contribution in [0.15, 0.2) is 29.1 Å². The maximum Gasteiger partial charge on any atom is 0.258 e. The minimum Gasteiger partial charge on any atom is -0.306 e. The Morgan fingerprint density at radius 1 is 1.35 bits per heavy atom. The van der Waals surface area contributed by atoms with Crippen molar-refractivity contribution in [3.05, 3.63) is 56.1 Å². The Morgan fingerprint density at radius 2 is 2.13 bits per heavy atom. The quantitative estimate of drug-likeness (QED) is 0.758. The van der Waals surface area contributed by atoms with Gasteiger partial charge in [-0.3, -0.25) is 14.6 Å². The molecule has 2 heterocycles. The van der Waals surface area contributed by atoms with Crippen LogP contribution in [0.3, 0.4) is 0 Å². The first-order valence-electron chi connectivity index (χ1n) is 6.73. The monoisotopic (exact) mass is 351 g/mol. The minimum atomic E-state index is -0.480. The van der Waals surface area contributed by atoms with Crippen LogP contribution in [-0.2, 0) is 6.42 Å². The maximum atomic E-state index is 12.4. The molecule has 0 radical (unpaired) electrons. The van der Waals surface area contributed by atoms with Gasteiger partial charge < -0.3 is 5.32 Å². The van der Waals surface area contributed by atoms with Crippen molar-refractivity contribution in [3.8, 4) is 0 Å². The lowest BCUT2D eigenvalue weighted by Gasteiger charge is -2.07. The van der Waals surface area contributed by atoms with Crippen molar-refractivity contribution in [1.29, 1.82) is 0 Å². The molecule has 3 rings (SSSR count). The number of carbonyl (C=O) groups is 1. The Hall–Kier alpha value is -2.38. The predicted octanol–water partition coefficient (Wildman–Crippen LogP) is 2.54. The molecule has 2 aromatic heterocycles. The van der Waals surface area contributed by atoms with Crippen molar-refractivity contribution < 1.29 is 4.79 Å². The molecule has 0 saturated carbocycles. The van der Waals surface area contributed by atoms with E-state index in [1.54, 1.807) is 6.07 Å². The first-order chi connectivity index (χ1) is 11.0. The fraction of sp³-hybridized carbons (Fsp3) is 0.143. The Kier molecular flexibility index (Phi) is 4.06. The molecule has 0 aliphatic carbocycles. The standard InChI is InChI=1S/C14H11Cl2N5O2/c1-2-10-17-14-19-12(22)6-11(21(14)20-10)18-13(23)8-4-3-7(15)5-9(8)16/h3-6H,2H2,1H3,(H,18,23)(H,17,19,20,22). The van der Waals surface area contributed by atoms with Gasteiger partial charge in [0.05, 0.1) is 10.6 Å². The summed E-state index contributed by atoms with van der Waals surface area (Å²) in [6, 6.07) is 5.75. The number of H-pyrrole nitrogens is 1. The van der Waals surface area contributed by atoms with Gasteiger partial charge in [0, 0.05) is 17.5 Å². The van der Waals surface area contributed by atoms with Crippen LogP contribution in [0.5, 0.6) is 0 Å². The van der Waals surface area contributed by atoms with Crippen molar-refractivity contribution >= 4 is 40.7 Å². The summed E-state index contributed by atoms with van der Waals surface area (Å²) in [6.45, 7) is 1.89. The molecule has 0 atom stereocenters. The van der Waals surface area contributed by atoms with E-state index < -0.39 is 11.5 Å². The van der Waals surface area contributed by atoms with Crippen molar-refractivity contribution in [2.75, 3.05) is 5.32 Å². The number of nitrogens with one attached hydrogen (secondary N) is 2. The maximum absolute atomic E-state index is 12.4. The molecule has 23 heavy (non-hydrogen) atoms. The van der Waals surface area contributed by atoms with Crippen LogP contribution in [0.4, 0.5) is 5.82 Å². The number of hydrogen-bond acceptors (Lipinski definition) is 4. The molecule has 7 nitrogen and oxygen atoms in total. The van der Waals surface area contributed by atoms with Crippen molar-refractivity contribution in [2.24, 2.45) is 0 Å². The smallest absolute Gasteiger partial charge is 0.258 e. The first-order valence-corrected chi connectivity index (χ1v) is 7.49. The Bertz CT molecular complexity index is 963. The average Bonchev–Trinajstić information content (AvgIpc) is 2.90. The topological polar surface area (TPSA) is 92.1 Å². The predicted molar refractivity (Wildman–Crippen MR) is 87.4 cm³/mol. The molecule has 0 saturated heterocycles. The number of nitrogens with zero attached hydrogens (tertiary/aromatic N) is 3. The molecule has 9 heteroatoms. The number of aromatic amines is 1. The number of carbonyl (C=O) groups excluding carboxylic acids is 1. The third-order valence-electron chi connectivity index (χ3n) is 3.12. The fourth-order valence-electron chi connectivity index (χ4n) is 2.03. The van der Waals surface area contributed by atoms with E-state index in [0.29, 0.717) is 17.3 Å². The van der Waals surface area contributed by atoms with Crippen molar-refractivity contribution in [3.63, 3.8) is 0 Å². The summed E-state index contributed by atoms with van der Waals surface area (Å²) in [4.78, 5) is 30.8. The lowest BCUT2D eigenvalue weighted by atomic mass is 10.2. The summed E-state index contributed by atoms with van der Waals surface area (Å²) in [5, 5.41) is 7.47. The molecule has 0 spiro atoms. The first kappa shape index (κ1) is 15.5. The van der Waals surface area contributed by atoms with Gasteiger partial charge >= 0.3 is 0 Å². The zero-order valence-electron chi connectivity index (χ0n) is 11.9. The number of amides is 1. The number of aromatic nitrogens is 4. The number of aryl methyl sites for hydroxylation is 1. The molecular formula is C14H11Cl2N5O2. The van der Waals surface area contributed by atoms with Gasteiger partial charge in [-0.2, -0.15) is 9.50 Å². The van der Waals surface area contributed by atoms with Crippen LogP contribution in [0.1, 0.15) is 23.1 Å². The van der Waals surface area contributed by atoms with E-state index in [9.17, 15) is 9.59 Å². The van der Waals surface area contributed by atoms with Crippen LogP contribution in [-0.4, -0.2) is 25.5 Å². The van der Waals surface area contributed by atoms with E-state index in [-0.39, 0.29) is 22.2 Å². The van der Waals surface area contributed by atoms with E-state index in [1.807, 2.05) is 6.92 Å². The Morgan fingerprint density at radius 3 is 2.83 bits per heavy atom. The molecule has 1 aromatic carbocycles. The zero-order valence-corrected chi connectivity index (χ0v) is 13.4. The molecule has 0 aliphatic rings. The number of hydrogen-bond donors (Lipinski definition) is 2. The lowest BCUT2D eigenvalue weighted by Crippen LogP contribution is -2.19. The Labute approximate surface area is 140 Å². The summed E-state index contributed by atoms with van der Waals surface area (Å²) in [5.41, 5.74) is -0.162. The van der Waals surface area contributed by atoms with E-state index in [2.05, 4.69) is 20.4 Å². The van der Waals surface area contributed by atoms with Crippen LogP contribution in [0, 0.1) is 0 Å². The molecule has 0 aliphatic heterocycles. The summed E-state index contributed by atoms with van der Waals surface area (Å²) in [5.74, 6) is 0.526. The highest BCUT2D eigenvalue weighted by molar-refractivity contribution is 6.37. The second-order valence-corrected chi connectivity index (χ2v) is 5.56. The lowest BCUT2D eigenvalue weighted by molar-refractivity contribution is 0.102. The highest BCUT2D eigenvalue weighted by atomic mass is 35.5. The summed E-state index contributed by atoms with van der Waals surface area (Å²) in [7, 11) is 0. The second kappa shape index (κ2) is 6.02. The number of anilines is 1. The molecule has 2 N–H and O–H groups in total. The number of fused-ring (bicyclic) bond motifs is 1. The zero-order chi connectivity index (χ0) is 16.6. The molecule has 1 amide bonds. The molecule has 3 aromatic rings. The van der Waals surface area contributed by atoms with Crippen LogP contribution >= 0.6 is 23.2 Å². The largest absolute Gasteiger partial charge is 0.306 e. The number of halogens is 2. The Balaban J connectivity index is 2.02. The average molecular weight is 352 g/mol. The van der Waals surface area contributed by atoms with Gasteiger partial charge in [-0.05, 0) is 18.2 Å². The molecule has 0 fully saturated rings. The van der Waals surface area contributed by atoms with Gasteiger partial charge in [0.2, 0.25) is 5.78 Å². The number of rotatable bonds is 3. The van der Waals surface area contributed by atoms with Gasteiger partial charge in [-0.25, -0.2) is 0 Å². The fourth-order valence-corrected chi connectivity index (χ4v) is 2.53. The van der Waals surface area contributed by atoms with Gasteiger partial charge in [-0.15, -0.1) is 5.10 Å². The van der Waals surface area contributed by atoms with Crippen molar-refractivity contribution in [1.82, 2.24) is 19.6 Å². The summed E-state index contributed by atoms with van der Waals surface area (Å²) >= 11 is 11.8. The summed E-state index contributed by atoms with van der Waals surface area (Å²) in [6.07, 6.45) is 0.597. The minimum absolute atomic E-state index is 0.201. The normalized spacial score (nSPS) is 10.9. The molecule has 0 bridgehead atoms. The molecular weight excluding hydrogens is 341 g/mol. The molecule has 118 valence electrons. The van der Waals surface area contributed by atoms with E-state index in [0.717, 1.165) is 0 Å². The second-order valence-electron chi connectivity index (χ2n) is 4.71. The van der Waals surface area contributed by atoms with Crippen LogP contribution in [0.2, 0.25) is 10.0 Å². The third kappa shape index (κ3) is 3.06. The van der Waals surface area contributed by atoms with E-state index in [1.165, 1.54) is 22.7 Å². The molecule has 0 unspecified atom stereocenters. The highest BCUT2D eigenvalue weighted by Crippen LogP contribution is 2.22.